The Morgan fingerprint density at radius 1 is 1.67 bits per heavy atom. The fraction of sp³-hybridized carbons (Fsp3) is 0.545. The van der Waals surface area contributed by atoms with Gasteiger partial charge in [0.1, 0.15) is 0 Å². The van der Waals surface area contributed by atoms with E-state index in [1.165, 1.54) is 0 Å². The van der Waals surface area contributed by atoms with Crippen LogP contribution in [0.1, 0.15) is 28.8 Å². The summed E-state index contributed by atoms with van der Waals surface area (Å²) in [6.07, 6.45) is 1.92. The first-order valence-electron chi connectivity index (χ1n) is 5.18. The fourth-order valence-corrected chi connectivity index (χ4v) is 2.85. The molecule has 82 valence electrons. The van der Waals surface area contributed by atoms with Gasteiger partial charge in [0.15, 0.2) is 0 Å². The van der Waals surface area contributed by atoms with Crippen molar-refractivity contribution in [3.63, 3.8) is 0 Å². The summed E-state index contributed by atoms with van der Waals surface area (Å²) < 4.78 is 0. The van der Waals surface area contributed by atoms with Crippen molar-refractivity contribution in [3.8, 4) is 0 Å². The topological polar surface area (TPSA) is 40.5 Å². The van der Waals surface area contributed by atoms with Crippen molar-refractivity contribution < 1.29 is 9.90 Å². The fourth-order valence-electron chi connectivity index (χ4n) is 2.03. The van der Waals surface area contributed by atoms with E-state index in [1.807, 2.05) is 17.7 Å². The highest BCUT2D eigenvalue weighted by atomic mass is 32.1. The number of rotatable bonds is 2. The molecule has 2 rings (SSSR count). The molecule has 0 bridgehead atoms. The van der Waals surface area contributed by atoms with Gasteiger partial charge in [-0.15, -0.1) is 0 Å². The minimum absolute atomic E-state index is 0.0248. The number of aryl methyl sites for hydroxylation is 1. The maximum atomic E-state index is 12.1. The molecule has 2 heterocycles. The average Bonchev–Trinajstić information content (AvgIpc) is 2.84. The summed E-state index contributed by atoms with van der Waals surface area (Å²) in [7, 11) is 0. The molecule has 4 heteroatoms. The Hall–Kier alpha value is -0.870. The smallest absolute Gasteiger partial charge is 0.255 e. The molecule has 0 aliphatic carbocycles. The van der Waals surface area contributed by atoms with Gasteiger partial charge in [-0.1, -0.05) is 0 Å². The summed E-state index contributed by atoms with van der Waals surface area (Å²) >= 11 is 1.55. The molecule has 15 heavy (non-hydrogen) atoms. The van der Waals surface area contributed by atoms with Crippen LogP contribution < -0.4 is 0 Å². The van der Waals surface area contributed by atoms with Crippen LogP contribution in [0, 0.1) is 6.92 Å². The Morgan fingerprint density at radius 3 is 3.07 bits per heavy atom. The zero-order chi connectivity index (χ0) is 10.8. The van der Waals surface area contributed by atoms with Crippen LogP contribution in [0.4, 0.5) is 0 Å². The Labute approximate surface area is 93.3 Å². The number of hydrogen-bond donors (Lipinski definition) is 1. The molecule has 1 aromatic rings. The summed E-state index contributed by atoms with van der Waals surface area (Å²) in [5.41, 5.74) is 1.83. The monoisotopic (exact) mass is 225 g/mol. The van der Waals surface area contributed by atoms with Gasteiger partial charge in [-0.25, -0.2) is 0 Å². The van der Waals surface area contributed by atoms with E-state index in [9.17, 15) is 4.79 Å². The number of carbonyl (C=O) groups excluding carboxylic acids is 1. The lowest BCUT2D eigenvalue weighted by Crippen LogP contribution is -2.37. The number of carbonyl (C=O) groups is 1. The molecule has 1 atom stereocenters. The maximum Gasteiger partial charge on any atom is 0.255 e. The third kappa shape index (κ3) is 1.92. The minimum atomic E-state index is 0.0248. The number of aliphatic hydroxyl groups excluding tert-OH is 1. The number of thiophene rings is 1. The standard InChI is InChI=1S/C11H15NO2S/c1-8-6-15-7-10(8)11(14)12-4-2-3-9(12)5-13/h6-7,9,13H,2-5H2,1H3. The maximum absolute atomic E-state index is 12.1. The van der Waals surface area contributed by atoms with Gasteiger partial charge in [0, 0.05) is 11.9 Å². The van der Waals surface area contributed by atoms with Crippen LogP contribution in [0.2, 0.25) is 0 Å². The van der Waals surface area contributed by atoms with Gasteiger partial charge in [0.05, 0.1) is 18.2 Å². The Morgan fingerprint density at radius 2 is 2.47 bits per heavy atom. The lowest BCUT2D eigenvalue weighted by Gasteiger charge is -2.22. The van der Waals surface area contributed by atoms with Crippen LogP contribution >= 0.6 is 11.3 Å². The van der Waals surface area contributed by atoms with Crippen molar-refractivity contribution >= 4 is 17.2 Å². The predicted octanol–water partition coefficient (Wildman–Crippen LogP) is 1.65. The van der Waals surface area contributed by atoms with Crippen LogP contribution in [-0.2, 0) is 0 Å². The molecule has 1 amide bonds. The molecule has 1 fully saturated rings. The first-order valence-corrected chi connectivity index (χ1v) is 6.13. The molecule has 0 saturated carbocycles. The van der Waals surface area contributed by atoms with E-state index in [4.69, 9.17) is 5.11 Å². The molecule has 0 aromatic carbocycles. The third-order valence-electron chi connectivity index (χ3n) is 2.93. The van der Waals surface area contributed by atoms with Crippen molar-refractivity contribution in [3.05, 3.63) is 21.9 Å². The van der Waals surface area contributed by atoms with Crippen molar-refractivity contribution in [1.82, 2.24) is 4.90 Å². The van der Waals surface area contributed by atoms with Gasteiger partial charge in [-0.2, -0.15) is 11.3 Å². The molecule has 1 aliphatic heterocycles. The molecule has 0 radical (unpaired) electrons. The Balaban J connectivity index is 2.18. The lowest BCUT2D eigenvalue weighted by atomic mass is 10.2. The van der Waals surface area contributed by atoms with E-state index < -0.39 is 0 Å². The number of hydrogen-bond acceptors (Lipinski definition) is 3. The molecule has 1 aromatic heterocycles. The van der Waals surface area contributed by atoms with E-state index in [0.29, 0.717) is 0 Å². The zero-order valence-electron chi connectivity index (χ0n) is 8.77. The molecular formula is C11H15NO2S. The van der Waals surface area contributed by atoms with Gasteiger partial charge in [-0.3, -0.25) is 4.79 Å². The predicted molar refractivity (Wildman–Crippen MR) is 60.2 cm³/mol. The molecule has 1 saturated heterocycles. The van der Waals surface area contributed by atoms with Gasteiger partial charge < -0.3 is 10.0 Å². The number of amides is 1. The van der Waals surface area contributed by atoms with E-state index >= 15 is 0 Å². The second-order valence-electron chi connectivity index (χ2n) is 3.95. The highest BCUT2D eigenvalue weighted by Gasteiger charge is 2.29. The lowest BCUT2D eigenvalue weighted by molar-refractivity contribution is 0.0677. The van der Waals surface area contributed by atoms with Crippen molar-refractivity contribution in [2.24, 2.45) is 0 Å². The largest absolute Gasteiger partial charge is 0.394 e. The third-order valence-corrected chi connectivity index (χ3v) is 3.80. The van der Waals surface area contributed by atoms with Crippen LogP contribution in [0.5, 0.6) is 0 Å². The molecule has 3 nitrogen and oxygen atoms in total. The van der Waals surface area contributed by atoms with Gasteiger partial charge in [0.2, 0.25) is 0 Å². The van der Waals surface area contributed by atoms with Gasteiger partial charge in [0.25, 0.3) is 5.91 Å². The molecule has 0 spiro atoms. The van der Waals surface area contributed by atoms with Crippen LogP contribution in [-0.4, -0.2) is 35.1 Å². The quantitative estimate of drug-likeness (QED) is 0.831. The SMILES string of the molecule is Cc1cscc1C(=O)N1CCCC1CO. The molecule has 1 aliphatic rings. The zero-order valence-corrected chi connectivity index (χ0v) is 9.59. The number of likely N-dealkylation sites (tertiary alicyclic amines) is 1. The summed E-state index contributed by atoms with van der Waals surface area (Å²) in [4.78, 5) is 13.9. The first-order chi connectivity index (χ1) is 7.24. The Kier molecular flexibility index (Phi) is 3.07. The molecular weight excluding hydrogens is 210 g/mol. The highest BCUT2D eigenvalue weighted by Crippen LogP contribution is 2.22. The molecule has 1 N–H and O–H groups in total. The van der Waals surface area contributed by atoms with Crippen molar-refractivity contribution in [2.75, 3.05) is 13.2 Å². The Bertz CT molecular complexity index is 361. The van der Waals surface area contributed by atoms with Gasteiger partial charge >= 0.3 is 0 Å². The first kappa shape index (κ1) is 10.6. The normalized spacial score (nSPS) is 20.9. The van der Waals surface area contributed by atoms with Crippen molar-refractivity contribution in [1.29, 1.82) is 0 Å². The van der Waals surface area contributed by atoms with E-state index in [-0.39, 0.29) is 18.6 Å². The van der Waals surface area contributed by atoms with Crippen LogP contribution in [0.15, 0.2) is 10.8 Å². The van der Waals surface area contributed by atoms with E-state index in [1.54, 1.807) is 16.2 Å². The summed E-state index contributed by atoms with van der Waals surface area (Å²) in [6.45, 7) is 2.81. The summed E-state index contributed by atoms with van der Waals surface area (Å²) in [5.74, 6) is 0.0744. The van der Waals surface area contributed by atoms with E-state index in [2.05, 4.69) is 0 Å². The number of nitrogens with zero attached hydrogens (tertiary/aromatic N) is 1. The van der Waals surface area contributed by atoms with Crippen LogP contribution in [0.3, 0.4) is 0 Å². The van der Waals surface area contributed by atoms with Crippen LogP contribution in [0.25, 0.3) is 0 Å². The highest BCUT2D eigenvalue weighted by molar-refractivity contribution is 7.08. The van der Waals surface area contributed by atoms with Gasteiger partial charge in [-0.05, 0) is 30.7 Å². The molecule has 1 unspecified atom stereocenters. The summed E-state index contributed by atoms with van der Waals surface area (Å²) in [5, 5.41) is 13.0. The average molecular weight is 225 g/mol. The van der Waals surface area contributed by atoms with E-state index in [0.717, 1.165) is 30.5 Å². The second kappa shape index (κ2) is 4.33. The van der Waals surface area contributed by atoms with Crippen molar-refractivity contribution in [2.45, 2.75) is 25.8 Å². The summed E-state index contributed by atoms with van der Waals surface area (Å²) in [6, 6.07) is 0.0248. The number of aliphatic hydroxyl groups is 1. The second-order valence-corrected chi connectivity index (χ2v) is 4.69. The minimum Gasteiger partial charge on any atom is -0.394 e.